The Labute approximate surface area is 189 Å². The summed E-state index contributed by atoms with van der Waals surface area (Å²) in [6.45, 7) is 0. The van der Waals surface area contributed by atoms with Crippen molar-refractivity contribution in [3.63, 3.8) is 0 Å². The summed E-state index contributed by atoms with van der Waals surface area (Å²) in [6.07, 6.45) is 0. The van der Waals surface area contributed by atoms with Crippen LogP contribution in [0.25, 0.3) is 0 Å². The average molecular weight is 506 g/mol. The summed E-state index contributed by atoms with van der Waals surface area (Å²) in [7, 11) is 0. The van der Waals surface area contributed by atoms with Crippen molar-refractivity contribution in [3.05, 3.63) is 0 Å². The van der Waals surface area contributed by atoms with Gasteiger partial charge < -0.3 is 8.56 Å². The van der Waals surface area contributed by atoms with Crippen molar-refractivity contribution in [1.29, 1.82) is 0 Å². The van der Waals surface area contributed by atoms with Gasteiger partial charge in [0.1, 0.15) is 0 Å². The van der Waals surface area contributed by atoms with E-state index in [1.54, 1.807) is 0 Å². The van der Waals surface area contributed by atoms with Gasteiger partial charge in [-0.05, 0) is 0 Å². The van der Waals surface area contributed by atoms with Gasteiger partial charge in [-0.15, -0.1) is 0 Å². The second-order valence-corrected chi connectivity index (χ2v) is 0. The van der Waals surface area contributed by atoms with Crippen LogP contribution in [0.4, 0.5) is 3.56 Å². The van der Waals surface area contributed by atoms with E-state index >= 15 is 0 Å². The van der Waals surface area contributed by atoms with Crippen LogP contribution in [0.15, 0.2) is 0 Å². The quantitative estimate of drug-likeness (QED) is 0.427. The summed E-state index contributed by atoms with van der Waals surface area (Å²) < 4.78 is 9.31. The Morgan fingerprint density at radius 3 is 1.33 bits per heavy atom. The molecule has 1 radical (unpaired) electrons. The van der Waals surface area contributed by atoms with Crippen molar-refractivity contribution in [2.75, 3.05) is 0 Å². The van der Waals surface area contributed by atoms with Crippen molar-refractivity contribution in [1.82, 2.24) is 0 Å². The molecule has 0 amide bonds. The van der Waals surface area contributed by atoms with E-state index in [9.17, 15) is 3.56 Å². The average Bonchev–Trinajstić information content (AvgIpc) is 1.00. The third kappa shape index (κ3) is 22.6. The van der Waals surface area contributed by atoms with E-state index in [2.05, 4.69) is 0 Å². The first kappa shape index (κ1) is 29.8. The first-order valence-electron chi connectivity index (χ1n) is 0.143. The molecule has 0 bridgehead atoms. The smallest absolute Gasteiger partial charge is 1.00 e. The topological polar surface area (TPSA) is 0 Å². The minimum absolute atomic E-state index is 0. The summed E-state index contributed by atoms with van der Waals surface area (Å²) in [6, 6.07) is 0. The van der Waals surface area contributed by atoms with Gasteiger partial charge >= 0.3 is 117 Å². The molecule has 0 N–H and O–H groups in total. The number of rotatable bonds is 0. The van der Waals surface area contributed by atoms with Crippen LogP contribution in [0, 0.1) is 49.4 Å². The van der Waals surface area contributed by atoms with E-state index < -0.39 is 0 Å². The van der Waals surface area contributed by atoms with E-state index in [4.69, 9.17) is 0 Å². The number of hydrogen-bond donors (Lipinski definition) is 0. The summed E-state index contributed by atoms with van der Waals surface area (Å²) >= 11 is 1.44. The first-order chi connectivity index (χ1) is 1.00. The molecule has 33 valence electrons. The Balaban J connectivity index is -0.000000000111. The summed E-state index contributed by atoms with van der Waals surface area (Å²) in [5, 5.41) is 0. The van der Waals surface area contributed by atoms with E-state index in [0.29, 0.717) is 0 Å². The van der Waals surface area contributed by atoms with E-state index in [1.165, 1.54) is 16.4 Å². The van der Waals surface area contributed by atoms with Gasteiger partial charge in [-0.3, -0.25) is 0 Å². The Kier molecular flexibility index (Phi) is 153. The molecule has 0 spiro atoms. The Bertz CT molecular complexity index is 27.5. The molecule has 0 aromatic heterocycles. The zero-order chi connectivity index (χ0) is 2.00. The summed E-state index contributed by atoms with van der Waals surface area (Å²) in [4.78, 5) is 0. The van der Waals surface area contributed by atoms with Crippen LogP contribution in [-0.4, -0.2) is 117 Å². The predicted octanol–water partition coefficient (Wildman–Crippen LogP) is 0.798. The second-order valence-electron chi connectivity index (χ2n) is 0. The summed E-state index contributed by atoms with van der Waals surface area (Å²) in [5.74, 6) is 0. The third-order valence-corrected chi connectivity index (χ3v) is 0. The van der Waals surface area contributed by atoms with Gasteiger partial charge in [-0.1, -0.05) is 0 Å². The molecule has 0 aliphatic rings. The molecule has 0 unspecified atom stereocenters. The van der Waals surface area contributed by atoms with Crippen LogP contribution in [0.1, 0.15) is 8.56 Å². The maximum absolute atomic E-state index is 9.31. The molecule has 0 aliphatic heterocycles. The van der Waals surface area contributed by atoms with E-state index in [0.717, 1.165) is 0 Å². The van der Waals surface area contributed by atoms with Crippen LogP contribution >= 0.6 is 16.4 Å². The van der Waals surface area contributed by atoms with Crippen LogP contribution in [0.5, 0.6) is 0 Å². The first-order valence-corrected chi connectivity index (χ1v) is 0.742. The van der Waals surface area contributed by atoms with Gasteiger partial charge in [-0.2, -0.15) is 3.56 Å². The molecule has 0 saturated heterocycles. The summed E-state index contributed by atoms with van der Waals surface area (Å²) in [5.41, 5.74) is 0. The van der Waals surface area contributed by atoms with Crippen LogP contribution < -0.4 is 0 Å². The number of hydrogen-bond acceptors (Lipinski definition) is 0. The van der Waals surface area contributed by atoms with Crippen molar-refractivity contribution in [3.8, 4) is 0 Å². The Morgan fingerprint density at radius 1 is 1.33 bits per heavy atom. The Hall–Kier alpha value is 5.81. The molecule has 0 nitrogen and oxygen atoms in total. The molecule has 0 aromatic carbocycles. The monoisotopic (exact) mass is 507 g/mol. The van der Waals surface area contributed by atoms with Gasteiger partial charge in [0.2, 0.25) is 0 Å². The van der Waals surface area contributed by atoms with E-state index in [1.807, 2.05) is 0 Å². The van der Waals surface area contributed by atoms with Crippen LogP contribution in [-0.2, 0) is 0 Å². The molecular weight excluding hydrogens is 500 g/mol. The molecule has 0 fully saturated rings. The zero-order valence-corrected chi connectivity index (χ0v) is 16.6. The van der Waals surface area contributed by atoms with Gasteiger partial charge in [-0.25, -0.2) is 0 Å². The maximum Gasteiger partial charge on any atom is 2.00 e. The van der Waals surface area contributed by atoms with Crippen molar-refractivity contribution >= 4 is 134 Å². The molecule has 0 saturated carbocycles. The molecule has 0 aromatic rings. The molecule has 0 heterocycles. The third-order valence-electron chi connectivity index (χ3n) is 0. The largest absolute Gasteiger partial charge is 2.00 e. The number of halogens is 2. The van der Waals surface area contributed by atoms with Crippen LogP contribution in [0.2, 0.25) is 0 Å². The minimum Gasteiger partial charge on any atom is -1.00 e. The second kappa shape index (κ2) is 30.8. The van der Waals surface area contributed by atoms with Gasteiger partial charge in [0.05, 0.1) is 0 Å². The normalized spacial score (nSPS) is 1.00. The van der Waals surface area contributed by atoms with Crippen molar-refractivity contribution < 1.29 is 61.5 Å². The predicted molar refractivity (Wildman–Crippen MR) is 34.0 cm³/mol. The van der Waals surface area contributed by atoms with Gasteiger partial charge in [0, 0.05) is 49.4 Å². The van der Waals surface area contributed by atoms with Crippen LogP contribution in [0.3, 0.4) is 0 Å². The molecule has 0 rings (SSSR count). The Morgan fingerprint density at radius 2 is 1.33 bits per heavy atom. The van der Waals surface area contributed by atoms with Crippen molar-refractivity contribution in [2.45, 2.75) is 0 Å². The molecular formula is H6BaBrEuFMgSr. The molecule has 0 aliphatic carbocycles. The van der Waals surface area contributed by atoms with Gasteiger partial charge in [0.25, 0.3) is 0 Å². The van der Waals surface area contributed by atoms with E-state index in [-0.39, 0.29) is 175 Å². The zero-order valence-electron chi connectivity index (χ0n) is 9.26. The fourth-order valence-corrected chi connectivity index (χ4v) is 0. The van der Waals surface area contributed by atoms with Crippen molar-refractivity contribution in [2.24, 2.45) is 0 Å². The fraction of sp³-hybridized carbons (Fsp3) is 0. The fourth-order valence-electron chi connectivity index (χ4n) is 0. The maximum atomic E-state index is 9.31. The van der Waals surface area contributed by atoms with Gasteiger partial charge in [0.15, 0.2) is 16.4 Å². The molecule has 0 atom stereocenters. The standard InChI is InChI=1S/Ba.BrF.Eu.Mg.Sr.6H/c;1-2;;;;;;;;;/q+2;;;2*+2;6*-1. The SMILES string of the molecule is FBr.[Ba+2].[Eu].[H-].[H-].[H-].[H-].[H-].[H-].[Mg+2].[Sr+2]. The minimum atomic E-state index is 0. The molecule has 6 heavy (non-hydrogen) atoms. The molecule has 6 heteroatoms.